The summed E-state index contributed by atoms with van der Waals surface area (Å²) in [6, 6.07) is 7.33. The number of hydrogen-bond donors (Lipinski definition) is 1. The smallest absolute Gasteiger partial charge is 0.225 e. The zero-order valence-electron chi connectivity index (χ0n) is 5.95. The summed E-state index contributed by atoms with van der Waals surface area (Å²) in [6.45, 7) is 0. The van der Waals surface area contributed by atoms with E-state index in [0.717, 1.165) is 5.56 Å². The first-order valence-electron chi connectivity index (χ1n) is 3.23. The fraction of sp³-hybridized carbons (Fsp3) is 0. The van der Waals surface area contributed by atoms with Crippen molar-refractivity contribution in [3.05, 3.63) is 35.9 Å². The summed E-state index contributed by atoms with van der Waals surface area (Å²) in [5.74, 6) is 0. The Kier molecular flexibility index (Phi) is 2.44. The highest BCUT2D eigenvalue weighted by Gasteiger charge is 1.89. The van der Waals surface area contributed by atoms with Gasteiger partial charge in [-0.1, -0.05) is 18.2 Å². The molecular formula is C9H8NO. The number of para-hydroxylation sites is 1. The summed E-state index contributed by atoms with van der Waals surface area (Å²) in [4.78, 5) is 9.84. The van der Waals surface area contributed by atoms with Crippen molar-refractivity contribution in [2.45, 2.75) is 0 Å². The first-order chi connectivity index (χ1) is 5.34. The lowest BCUT2D eigenvalue weighted by molar-refractivity contribution is 0.564. The van der Waals surface area contributed by atoms with Crippen molar-refractivity contribution in [1.82, 2.24) is 0 Å². The predicted octanol–water partition coefficient (Wildman–Crippen LogP) is 1.39. The SMILES string of the molecule is Nc1ccccc1C=C[C]=O. The minimum Gasteiger partial charge on any atom is -0.398 e. The Morgan fingerprint density at radius 3 is 2.73 bits per heavy atom. The van der Waals surface area contributed by atoms with E-state index in [0.29, 0.717) is 5.69 Å². The molecule has 2 N–H and O–H groups in total. The van der Waals surface area contributed by atoms with Gasteiger partial charge in [-0.3, -0.25) is 4.79 Å². The molecule has 0 heterocycles. The summed E-state index contributed by atoms with van der Waals surface area (Å²) >= 11 is 0. The highest BCUT2D eigenvalue weighted by atomic mass is 16.1. The van der Waals surface area contributed by atoms with Gasteiger partial charge < -0.3 is 5.73 Å². The summed E-state index contributed by atoms with van der Waals surface area (Å²) in [5, 5.41) is 0. The zero-order valence-corrected chi connectivity index (χ0v) is 5.95. The van der Waals surface area contributed by atoms with Crippen molar-refractivity contribution >= 4 is 18.0 Å². The Labute approximate surface area is 65.3 Å². The average Bonchev–Trinajstić information content (AvgIpc) is 2.03. The number of rotatable bonds is 2. The topological polar surface area (TPSA) is 43.1 Å². The van der Waals surface area contributed by atoms with Gasteiger partial charge in [0.1, 0.15) is 0 Å². The lowest BCUT2D eigenvalue weighted by Crippen LogP contribution is -1.87. The molecule has 0 atom stereocenters. The van der Waals surface area contributed by atoms with Gasteiger partial charge in [0, 0.05) is 5.69 Å². The first-order valence-corrected chi connectivity index (χ1v) is 3.23. The van der Waals surface area contributed by atoms with Crippen LogP contribution in [0, 0.1) is 0 Å². The number of hydrogen-bond acceptors (Lipinski definition) is 2. The lowest BCUT2D eigenvalue weighted by Gasteiger charge is -1.96. The van der Waals surface area contributed by atoms with Crippen molar-refractivity contribution in [2.75, 3.05) is 5.73 Å². The number of carbonyl (C=O) groups excluding carboxylic acids is 1. The monoisotopic (exact) mass is 146 g/mol. The quantitative estimate of drug-likeness (QED) is 0.506. The van der Waals surface area contributed by atoms with Crippen LogP contribution in [0.25, 0.3) is 6.08 Å². The van der Waals surface area contributed by atoms with Crippen LogP contribution >= 0.6 is 0 Å². The molecule has 2 heteroatoms. The number of nitrogen functional groups attached to an aromatic ring is 1. The molecule has 0 aliphatic heterocycles. The molecule has 0 saturated carbocycles. The molecule has 0 fully saturated rings. The molecule has 1 radical (unpaired) electrons. The normalized spacial score (nSPS) is 10.2. The standard InChI is InChI=1S/C9H8NO/c10-9-6-2-1-4-8(9)5-3-7-11/h1-6H,10H2. The molecule has 11 heavy (non-hydrogen) atoms. The number of allylic oxidation sites excluding steroid dienone is 1. The second kappa shape index (κ2) is 3.56. The minimum atomic E-state index is 0.666. The van der Waals surface area contributed by atoms with Gasteiger partial charge in [0.05, 0.1) is 0 Å². The highest BCUT2D eigenvalue weighted by Crippen LogP contribution is 2.11. The van der Waals surface area contributed by atoms with Gasteiger partial charge in [-0.05, 0) is 23.8 Å². The third kappa shape index (κ3) is 1.93. The molecule has 1 aromatic rings. The van der Waals surface area contributed by atoms with E-state index in [9.17, 15) is 4.79 Å². The van der Waals surface area contributed by atoms with Crippen molar-refractivity contribution in [1.29, 1.82) is 0 Å². The van der Waals surface area contributed by atoms with E-state index in [1.807, 2.05) is 18.2 Å². The van der Waals surface area contributed by atoms with Gasteiger partial charge in [0.15, 0.2) is 0 Å². The predicted molar refractivity (Wildman–Crippen MR) is 45.6 cm³/mol. The highest BCUT2D eigenvalue weighted by molar-refractivity contribution is 5.77. The number of benzene rings is 1. The van der Waals surface area contributed by atoms with Gasteiger partial charge in [0.2, 0.25) is 6.29 Å². The second-order valence-electron chi connectivity index (χ2n) is 2.08. The van der Waals surface area contributed by atoms with Crippen LogP contribution in [0.3, 0.4) is 0 Å². The van der Waals surface area contributed by atoms with Crippen molar-refractivity contribution in [3.63, 3.8) is 0 Å². The van der Waals surface area contributed by atoms with Crippen molar-refractivity contribution in [3.8, 4) is 0 Å². The van der Waals surface area contributed by atoms with Crippen LogP contribution < -0.4 is 5.73 Å². The molecule has 0 aliphatic rings. The second-order valence-corrected chi connectivity index (χ2v) is 2.08. The average molecular weight is 146 g/mol. The maximum atomic E-state index is 9.84. The largest absolute Gasteiger partial charge is 0.398 e. The van der Waals surface area contributed by atoms with E-state index in [-0.39, 0.29) is 0 Å². The number of nitrogens with two attached hydrogens (primary N) is 1. The van der Waals surface area contributed by atoms with Gasteiger partial charge in [-0.2, -0.15) is 0 Å². The van der Waals surface area contributed by atoms with Crippen LogP contribution in [0.1, 0.15) is 5.56 Å². The van der Waals surface area contributed by atoms with E-state index < -0.39 is 0 Å². The Morgan fingerprint density at radius 2 is 2.09 bits per heavy atom. The van der Waals surface area contributed by atoms with Crippen molar-refractivity contribution < 1.29 is 4.79 Å². The molecule has 1 rings (SSSR count). The van der Waals surface area contributed by atoms with E-state index in [1.165, 1.54) is 6.08 Å². The maximum absolute atomic E-state index is 9.84. The van der Waals surface area contributed by atoms with E-state index in [1.54, 1.807) is 18.4 Å². The molecule has 55 valence electrons. The molecule has 0 spiro atoms. The maximum Gasteiger partial charge on any atom is 0.225 e. The third-order valence-corrected chi connectivity index (χ3v) is 1.33. The molecule has 1 aromatic carbocycles. The van der Waals surface area contributed by atoms with Crippen LogP contribution in [-0.4, -0.2) is 6.29 Å². The Morgan fingerprint density at radius 1 is 1.36 bits per heavy atom. The summed E-state index contributed by atoms with van der Waals surface area (Å²) in [7, 11) is 0. The minimum absolute atomic E-state index is 0.666. The van der Waals surface area contributed by atoms with Crippen LogP contribution in [0.2, 0.25) is 0 Å². The zero-order chi connectivity index (χ0) is 8.10. The molecule has 0 aliphatic carbocycles. The molecule has 0 unspecified atom stereocenters. The molecule has 0 saturated heterocycles. The van der Waals surface area contributed by atoms with E-state index >= 15 is 0 Å². The van der Waals surface area contributed by atoms with Crippen LogP contribution in [-0.2, 0) is 4.79 Å². The van der Waals surface area contributed by atoms with Gasteiger partial charge in [0.25, 0.3) is 0 Å². The summed E-state index contributed by atoms with van der Waals surface area (Å²) < 4.78 is 0. The van der Waals surface area contributed by atoms with E-state index in [4.69, 9.17) is 5.73 Å². The molecule has 0 bridgehead atoms. The van der Waals surface area contributed by atoms with Gasteiger partial charge in [-0.25, -0.2) is 0 Å². The molecule has 0 aromatic heterocycles. The summed E-state index contributed by atoms with van der Waals surface area (Å²) in [5.41, 5.74) is 7.09. The van der Waals surface area contributed by atoms with Crippen molar-refractivity contribution in [2.24, 2.45) is 0 Å². The first kappa shape index (κ1) is 7.54. The summed E-state index contributed by atoms with van der Waals surface area (Å²) in [6.07, 6.45) is 4.58. The van der Waals surface area contributed by atoms with E-state index in [2.05, 4.69) is 0 Å². The lowest BCUT2D eigenvalue weighted by atomic mass is 10.2. The van der Waals surface area contributed by atoms with Crippen LogP contribution in [0.4, 0.5) is 5.69 Å². The third-order valence-electron chi connectivity index (χ3n) is 1.33. The fourth-order valence-electron chi connectivity index (χ4n) is 0.786. The van der Waals surface area contributed by atoms with Crippen LogP contribution in [0.15, 0.2) is 30.3 Å². The Balaban J connectivity index is 2.94. The fourth-order valence-corrected chi connectivity index (χ4v) is 0.786. The molecule has 2 nitrogen and oxygen atoms in total. The van der Waals surface area contributed by atoms with Gasteiger partial charge >= 0.3 is 0 Å². The van der Waals surface area contributed by atoms with Gasteiger partial charge in [-0.15, -0.1) is 0 Å². The Hall–Kier alpha value is -1.57. The molecular weight excluding hydrogens is 138 g/mol. The number of anilines is 1. The Bertz CT molecular complexity index is 279. The molecule has 0 amide bonds. The van der Waals surface area contributed by atoms with Crippen LogP contribution in [0.5, 0.6) is 0 Å².